The molecule has 0 aliphatic carbocycles. The number of fused-ring (bicyclic) bond motifs is 6. The zero-order valence-electron chi connectivity index (χ0n) is 32.5. The molecule has 2 aromatic heterocycles. The van der Waals surface area contributed by atoms with E-state index in [0.29, 0.717) is 22.3 Å². The van der Waals surface area contributed by atoms with Crippen LogP contribution in [0.1, 0.15) is 26.3 Å². The molecule has 0 unspecified atom stereocenters. The van der Waals surface area contributed by atoms with E-state index in [1.54, 1.807) is 0 Å². The number of benzene rings is 7. The normalized spacial score (nSPS) is 12.1. The Morgan fingerprint density at radius 3 is 1.16 bits per heavy atom. The molecule has 2 heterocycles. The predicted octanol–water partition coefficient (Wildman–Crippen LogP) is 0.450. The van der Waals surface area contributed by atoms with Crippen molar-refractivity contribution >= 4 is 177 Å². The summed E-state index contributed by atoms with van der Waals surface area (Å²) in [4.78, 5) is 0. The zero-order chi connectivity index (χ0) is 41.1. The van der Waals surface area contributed by atoms with E-state index in [-0.39, 0.29) is 60.0 Å². The summed E-state index contributed by atoms with van der Waals surface area (Å²) < 4.78 is 4.64. The van der Waals surface area contributed by atoms with Gasteiger partial charge in [0.1, 0.15) is 78.5 Å². The lowest BCUT2D eigenvalue weighted by atomic mass is 9.59. The van der Waals surface area contributed by atoms with Crippen molar-refractivity contribution in [3.05, 3.63) is 109 Å². The molecule has 12 heteroatoms. The number of aromatic nitrogens is 2. The molecule has 0 saturated carbocycles. The van der Waals surface area contributed by atoms with E-state index in [4.69, 9.17) is 78.5 Å². The van der Waals surface area contributed by atoms with Gasteiger partial charge in [0.25, 0.3) is 0 Å². The maximum atomic E-state index is 6.74. The molecule has 0 saturated heterocycles. The molecular formula is C46H26B10N2. The van der Waals surface area contributed by atoms with E-state index in [1.165, 1.54) is 10.8 Å². The highest BCUT2D eigenvalue weighted by molar-refractivity contribution is 6.70. The summed E-state index contributed by atoms with van der Waals surface area (Å²) in [6.07, 6.45) is 0. The monoisotopic (exact) mass is 716 g/mol. The molecule has 0 aliphatic heterocycles. The molecular weight excluding hydrogens is 689 g/mol. The molecule has 9 aromatic rings. The number of para-hydroxylation sites is 3. The molecule has 0 aliphatic rings. The molecule has 0 bridgehead atoms. The van der Waals surface area contributed by atoms with Gasteiger partial charge < -0.3 is 9.13 Å². The van der Waals surface area contributed by atoms with Gasteiger partial charge in [0.2, 0.25) is 0 Å². The molecule has 250 valence electrons. The molecule has 20 radical (unpaired) electrons. The van der Waals surface area contributed by atoms with Crippen LogP contribution in [-0.4, -0.2) is 87.6 Å². The van der Waals surface area contributed by atoms with Gasteiger partial charge in [-0.3, -0.25) is 0 Å². The second kappa shape index (κ2) is 13.7. The molecule has 0 atom stereocenters. The van der Waals surface area contributed by atoms with E-state index in [1.807, 2.05) is 30.3 Å². The second-order valence-electron chi connectivity index (χ2n) is 16.0. The van der Waals surface area contributed by atoms with Gasteiger partial charge in [0.05, 0.1) is 27.8 Å². The Morgan fingerprint density at radius 2 is 0.741 bits per heavy atom. The first-order valence-electron chi connectivity index (χ1n) is 18.9. The highest BCUT2D eigenvalue weighted by Crippen LogP contribution is 2.44. The number of nitrogens with zero attached hydrogens (tertiary/aromatic N) is 2. The Kier molecular flexibility index (Phi) is 9.04. The van der Waals surface area contributed by atoms with Gasteiger partial charge in [-0.2, -0.15) is 0 Å². The summed E-state index contributed by atoms with van der Waals surface area (Å²) in [7, 11) is 65.3. The zero-order valence-corrected chi connectivity index (χ0v) is 32.5. The van der Waals surface area contributed by atoms with Gasteiger partial charge in [0.15, 0.2) is 0 Å². The van der Waals surface area contributed by atoms with E-state index in [2.05, 4.69) is 103 Å². The van der Waals surface area contributed by atoms with Crippen LogP contribution in [-0.2, 0) is 5.41 Å². The molecule has 7 aromatic carbocycles. The lowest BCUT2D eigenvalue weighted by Crippen LogP contribution is -2.55. The Labute approximate surface area is 352 Å². The van der Waals surface area contributed by atoms with Crippen molar-refractivity contribution in [3.8, 4) is 33.6 Å². The van der Waals surface area contributed by atoms with Crippen LogP contribution >= 0.6 is 0 Å². The van der Waals surface area contributed by atoms with Crippen molar-refractivity contribution in [2.75, 3.05) is 0 Å². The van der Waals surface area contributed by atoms with Crippen molar-refractivity contribution < 1.29 is 0 Å². The third-order valence-corrected chi connectivity index (χ3v) is 11.5. The molecule has 0 amide bonds. The number of rotatable bonds is 4. The summed E-state index contributed by atoms with van der Waals surface area (Å²) in [5, 5.41) is 4.47. The predicted molar refractivity (Wildman–Crippen MR) is 259 cm³/mol. The van der Waals surface area contributed by atoms with E-state index < -0.39 is 0 Å². The van der Waals surface area contributed by atoms with Crippen LogP contribution in [0.3, 0.4) is 0 Å². The van der Waals surface area contributed by atoms with Crippen LogP contribution < -0.4 is 54.6 Å². The molecule has 0 fully saturated rings. The molecule has 9 rings (SSSR count). The smallest absolute Gasteiger partial charge is 0.113 e. The Hall–Kier alpha value is -5.21. The van der Waals surface area contributed by atoms with Gasteiger partial charge in [-0.1, -0.05) is 103 Å². The van der Waals surface area contributed by atoms with Crippen molar-refractivity contribution in [1.82, 2.24) is 9.13 Å². The van der Waals surface area contributed by atoms with E-state index in [0.717, 1.165) is 49.8 Å². The van der Waals surface area contributed by atoms with E-state index in [9.17, 15) is 0 Å². The largest absolute Gasteiger partial charge is 0.309 e. The highest BCUT2D eigenvalue weighted by atomic mass is 15.0. The Balaban J connectivity index is 1.48. The summed E-state index contributed by atoms with van der Waals surface area (Å²) in [5.41, 5.74) is 10.1. The minimum absolute atomic E-state index is 0.109. The molecule has 0 N–H and O–H groups in total. The van der Waals surface area contributed by atoms with Gasteiger partial charge >= 0.3 is 0 Å². The summed E-state index contributed by atoms with van der Waals surface area (Å²) in [5.74, 6) is 0. The van der Waals surface area contributed by atoms with Crippen molar-refractivity contribution in [3.63, 3.8) is 0 Å². The minimum atomic E-state index is -0.378. The van der Waals surface area contributed by atoms with Crippen molar-refractivity contribution in [2.45, 2.75) is 26.2 Å². The van der Waals surface area contributed by atoms with E-state index >= 15 is 0 Å². The second-order valence-corrected chi connectivity index (χ2v) is 16.0. The maximum Gasteiger partial charge on any atom is 0.113 e. The van der Waals surface area contributed by atoms with Crippen LogP contribution in [0, 0.1) is 0 Å². The average Bonchev–Trinajstić information content (AvgIpc) is 3.73. The van der Waals surface area contributed by atoms with Crippen LogP contribution in [0.4, 0.5) is 0 Å². The fourth-order valence-electron chi connectivity index (χ4n) is 8.77. The minimum Gasteiger partial charge on any atom is -0.309 e. The number of hydrogen-bond donors (Lipinski definition) is 0. The first-order valence-corrected chi connectivity index (χ1v) is 18.9. The number of hydrogen-bond acceptors (Lipinski definition) is 0. The lowest BCUT2D eigenvalue weighted by molar-refractivity contribution is 0.591. The summed E-state index contributed by atoms with van der Waals surface area (Å²) in [6, 6.07) is 35.7. The third-order valence-electron chi connectivity index (χ3n) is 11.5. The molecule has 0 spiro atoms. The van der Waals surface area contributed by atoms with Crippen LogP contribution in [0.15, 0.2) is 103 Å². The SMILES string of the molecule is [B]c1c([B])c([B])c(-c2cc(-c3c([B])c([B])c([B])c([B])c3[B])cc(-n3c4ccccc4c4ccc(-n5c6ccccc6c6ccccc65)c(C(C)(C)C)c43)c2)c([B])c1[B]. The van der Waals surface area contributed by atoms with Crippen LogP contribution in [0.2, 0.25) is 0 Å². The van der Waals surface area contributed by atoms with Crippen LogP contribution in [0.5, 0.6) is 0 Å². The fourth-order valence-corrected chi connectivity index (χ4v) is 8.77. The summed E-state index contributed by atoms with van der Waals surface area (Å²) in [6.45, 7) is 6.73. The fraction of sp³-hybridized carbons (Fsp3) is 0.0870. The summed E-state index contributed by atoms with van der Waals surface area (Å²) >= 11 is 0. The van der Waals surface area contributed by atoms with Crippen molar-refractivity contribution in [1.29, 1.82) is 0 Å². The quantitative estimate of drug-likeness (QED) is 0.235. The van der Waals surface area contributed by atoms with Crippen LogP contribution in [0.25, 0.3) is 77.2 Å². The van der Waals surface area contributed by atoms with Gasteiger partial charge in [-0.15, -0.1) is 32.8 Å². The third kappa shape index (κ3) is 5.54. The Morgan fingerprint density at radius 1 is 0.379 bits per heavy atom. The van der Waals surface area contributed by atoms with Gasteiger partial charge in [-0.05, 0) is 70.1 Å². The van der Waals surface area contributed by atoms with Crippen molar-refractivity contribution in [2.24, 2.45) is 0 Å². The van der Waals surface area contributed by atoms with Gasteiger partial charge in [0, 0.05) is 32.8 Å². The lowest BCUT2D eigenvalue weighted by Gasteiger charge is -2.28. The Bertz CT molecular complexity index is 3030. The first-order chi connectivity index (χ1) is 27.6. The maximum absolute atomic E-state index is 6.74. The molecule has 58 heavy (non-hydrogen) atoms. The van der Waals surface area contributed by atoms with Gasteiger partial charge in [-0.25, -0.2) is 0 Å². The molecule has 2 nitrogen and oxygen atoms in total. The topological polar surface area (TPSA) is 9.86 Å². The highest BCUT2D eigenvalue weighted by Gasteiger charge is 2.29. The average molecular weight is 715 g/mol. The first kappa shape index (κ1) is 38.3. The standard InChI is InChI=1S/C46H26B10N2/c1-46(2,3)34-31(58-29-14-8-4-10-24(29)25-11-5-9-15-30(25)58)17-16-27-26-12-6-7-13-28(26)57(45(27)34)23-19-21(32-35(47)39(51)43(55)40(52)36(32)48)18-22(20-23)33-37(49)41(53)44(56)42(54)38(33)50/h4-20H,1-3H3.